The lowest BCUT2D eigenvalue weighted by Crippen LogP contribution is -2.36. The van der Waals surface area contributed by atoms with E-state index in [2.05, 4.69) is 10.3 Å². The first-order valence-electron chi connectivity index (χ1n) is 12.5. The van der Waals surface area contributed by atoms with E-state index in [1.165, 1.54) is 36.4 Å². The molecule has 0 atom stereocenters. The summed E-state index contributed by atoms with van der Waals surface area (Å²) in [5.74, 6) is -1.34. The molecule has 3 aromatic rings. The maximum Gasteiger partial charge on any atom is 0.339 e. The maximum absolute atomic E-state index is 12.9. The number of esters is 1. The van der Waals surface area contributed by atoms with Crippen LogP contribution in [-0.2, 0) is 14.3 Å². The molecule has 0 spiro atoms. The fourth-order valence-electron chi connectivity index (χ4n) is 3.57. The number of ether oxygens (including phenoxy) is 2. The van der Waals surface area contributed by atoms with Crippen LogP contribution in [0, 0.1) is 10.1 Å². The minimum absolute atomic E-state index is 0.0834. The molecule has 0 unspecified atom stereocenters. The Labute approximate surface area is 248 Å². The highest BCUT2D eigenvalue weighted by Gasteiger charge is 2.36. The number of halogens is 1. The van der Waals surface area contributed by atoms with Crippen molar-refractivity contribution in [1.82, 2.24) is 9.88 Å². The van der Waals surface area contributed by atoms with Crippen molar-refractivity contribution in [3.05, 3.63) is 92.0 Å². The summed E-state index contributed by atoms with van der Waals surface area (Å²) in [6.07, 6.45) is 4.14. The molecular formula is C28H23ClN4O8S. The van der Waals surface area contributed by atoms with E-state index in [0.29, 0.717) is 29.5 Å². The molecule has 2 heterocycles. The minimum Gasteiger partial charge on any atom is -0.462 e. The Morgan fingerprint density at radius 2 is 1.90 bits per heavy atom. The number of unbranched alkanes of at least 4 members (excludes halogenated alkanes) is 1. The number of hydrogen-bond acceptors (Lipinski definition) is 10. The summed E-state index contributed by atoms with van der Waals surface area (Å²) in [6, 6.07) is 13.4. The molecule has 1 saturated heterocycles. The number of rotatable bonds is 11. The van der Waals surface area contributed by atoms with E-state index in [-0.39, 0.29) is 39.4 Å². The number of hydrogen-bond donors (Lipinski definition) is 1. The summed E-state index contributed by atoms with van der Waals surface area (Å²) in [4.78, 5) is 65.4. The zero-order valence-corrected chi connectivity index (χ0v) is 23.6. The Morgan fingerprint density at radius 3 is 2.57 bits per heavy atom. The number of nitrogens with one attached hydrogen (secondary N) is 1. The Kier molecular flexibility index (Phi) is 9.89. The Hall–Kier alpha value is -4.75. The first kappa shape index (κ1) is 30.2. The van der Waals surface area contributed by atoms with E-state index in [1.807, 2.05) is 6.92 Å². The molecule has 216 valence electrons. The van der Waals surface area contributed by atoms with Crippen LogP contribution in [0.3, 0.4) is 0 Å². The van der Waals surface area contributed by atoms with E-state index in [1.54, 1.807) is 24.3 Å². The third-order valence-electron chi connectivity index (χ3n) is 5.71. The molecule has 12 nitrogen and oxygen atoms in total. The van der Waals surface area contributed by atoms with Crippen molar-refractivity contribution in [2.75, 3.05) is 18.5 Å². The normalized spacial score (nSPS) is 13.8. The summed E-state index contributed by atoms with van der Waals surface area (Å²) in [5, 5.41) is 12.9. The molecule has 1 aliphatic rings. The molecule has 42 heavy (non-hydrogen) atoms. The van der Waals surface area contributed by atoms with Gasteiger partial charge in [-0.05, 0) is 60.2 Å². The molecule has 0 saturated carbocycles. The molecule has 0 bridgehead atoms. The second-order valence-electron chi connectivity index (χ2n) is 8.78. The first-order chi connectivity index (χ1) is 20.1. The lowest BCUT2D eigenvalue weighted by atomic mass is 10.2. The lowest BCUT2D eigenvalue weighted by molar-refractivity contribution is -0.385. The van der Waals surface area contributed by atoms with Crippen molar-refractivity contribution in [2.24, 2.45) is 0 Å². The van der Waals surface area contributed by atoms with Gasteiger partial charge in [-0.1, -0.05) is 37.1 Å². The third-order valence-corrected chi connectivity index (χ3v) is 6.95. The summed E-state index contributed by atoms with van der Waals surface area (Å²) in [7, 11) is 0. The number of nitro groups is 1. The van der Waals surface area contributed by atoms with Crippen LogP contribution in [-0.4, -0.2) is 51.0 Å². The average molecular weight is 611 g/mol. The van der Waals surface area contributed by atoms with Gasteiger partial charge in [0.15, 0.2) is 0 Å². The van der Waals surface area contributed by atoms with Gasteiger partial charge in [-0.2, -0.15) is 0 Å². The van der Waals surface area contributed by atoms with Gasteiger partial charge < -0.3 is 14.8 Å². The van der Waals surface area contributed by atoms with Gasteiger partial charge >= 0.3 is 5.97 Å². The second-order valence-corrected chi connectivity index (χ2v) is 10.2. The number of carbonyl (C=O) groups excluding carboxylic acids is 4. The monoisotopic (exact) mass is 610 g/mol. The fourth-order valence-corrected chi connectivity index (χ4v) is 4.60. The number of benzene rings is 2. The lowest BCUT2D eigenvalue weighted by Gasteiger charge is -2.13. The minimum atomic E-state index is -0.646. The van der Waals surface area contributed by atoms with Gasteiger partial charge in [0.1, 0.15) is 18.5 Å². The summed E-state index contributed by atoms with van der Waals surface area (Å²) in [6.45, 7) is 1.67. The smallest absolute Gasteiger partial charge is 0.339 e. The van der Waals surface area contributed by atoms with Crippen molar-refractivity contribution in [1.29, 1.82) is 0 Å². The molecule has 14 heteroatoms. The van der Waals surface area contributed by atoms with E-state index >= 15 is 0 Å². The number of amides is 3. The van der Waals surface area contributed by atoms with Gasteiger partial charge in [0.25, 0.3) is 16.8 Å². The van der Waals surface area contributed by atoms with Crippen LogP contribution in [0.15, 0.2) is 65.7 Å². The van der Waals surface area contributed by atoms with Crippen molar-refractivity contribution >= 4 is 63.8 Å². The Bertz CT molecular complexity index is 1560. The SMILES string of the molecule is CCCCOC(=O)c1cc(NC(=O)CN2C(=O)S/C(=C\c3ccc(Oc4ccc([N+](=O)[O-])cn4)cc3)C2=O)ccc1Cl. The van der Waals surface area contributed by atoms with Crippen LogP contribution >= 0.6 is 23.4 Å². The van der Waals surface area contributed by atoms with Crippen molar-refractivity contribution in [2.45, 2.75) is 19.8 Å². The van der Waals surface area contributed by atoms with Crippen LogP contribution in [0.25, 0.3) is 6.08 Å². The van der Waals surface area contributed by atoms with Gasteiger partial charge in [-0.3, -0.25) is 29.4 Å². The molecule has 1 aromatic heterocycles. The average Bonchev–Trinajstić information content (AvgIpc) is 3.22. The van der Waals surface area contributed by atoms with Gasteiger partial charge in [0.2, 0.25) is 11.8 Å². The number of pyridine rings is 1. The molecule has 1 fully saturated rings. The molecule has 4 rings (SSSR count). The second kappa shape index (κ2) is 13.7. The molecule has 0 aliphatic carbocycles. The molecule has 3 amide bonds. The number of imide groups is 1. The van der Waals surface area contributed by atoms with Crippen LogP contribution in [0.1, 0.15) is 35.7 Å². The van der Waals surface area contributed by atoms with Gasteiger partial charge in [0, 0.05) is 17.8 Å². The molecule has 1 aliphatic heterocycles. The highest BCUT2D eigenvalue weighted by atomic mass is 35.5. The van der Waals surface area contributed by atoms with Crippen molar-refractivity contribution in [3.63, 3.8) is 0 Å². The van der Waals surface area contributed by atoms with Crippen LogP contribution in [0.2, 0.25) is 5.02 Å². The van der Waals surface area contributed by atoms with Crippen molar-refractivity contribution in [3.8, 4) is 11.6 Å². The molecular weight excluding hydrogens is 588 g/mol. The van der Waals surface area contributed by atoms with Gasteiger partial charge in [0.05, 0.1) is 27.0 Å². The topological polar surface area (TPSA) is 158 Å². The highest BCUT2D eigenvalue weighted by Crippen LogP contribution is 2.33. The predicted octanol–water partition coefficient (Wildman–Crippen LogP) is 6.07. The number of thioether (sulfide) groups is 1. The number of anilines is 1. The quantitative estimate of drug-likeness (QED) is 0.0888. The Morgan fingerprint density at radius 1 is 1.14 bits per heavy atom. The standard InChI is InChI=1S/C28H23ClN4O8S/c1-2-3-12-40-27(36)21-14-18(6-10-22(21)29)31-24(34)16-32-26(35)23(42-28(32)37)13-17-4-8-20(9-5-17)41-25-11-7-19(15-30-25)33(38)39/h4-11,13-15H,2-3,12,16H2,1H3,(H,31,34)/b23-13-. The third kappa shape index (κ3) is 7.71. The zero-order chi connectivity index (χ0) is 30.2. The van der Waals surface area contributed by atoms with E-state index in [0.717, 1.165) is 17.5 Å². The van der Waals surface area contributed by atoms with Crippen LogP contribution in [0.5, 0.6) is 11.6 Å². The van der Waals surface area contributed by atoms with Crippen molar-refractivity contribution < 1.29 is 33.6 Å². The van der Waals surface area contributed by atoms with E-state index < -0.39 is 34.5 Å². The Balaban J connectivity index is 1.36. The number of nitrogens with zero attached hydrogens (tertiary/aromatic N) is 3. The number of aromatic nitrogens is 1. The van der Waals surface area contributed by atoms with Gasteiger partial charge in [-0.25, -0.2) is 9.78 Å². The van der Waals surface area contributed by atoms with Gasteiger partial charge in [-0.15, -0.1) is 0 Å². The first-order valence-corrected chi connectivity index (χ1v) is 13.7. The number of carbonyl (C=O) groups is 4. The van der Waals surface area contributed by atoms with Crippen LogP contribution < -0.4 is 10.1 Å². The summed E-state index contributed by atoms with van der Waals surface area (Å²) >= 11 is 6.80. The highest BCUT2D eigenvalue weighted by molar-refractivity contribution is 8.18. The van der Waals surface area contributed by atoms with E-state index in [4.69, 9.17) is 21.1 Å². The molecule has 1 N–H and O–H groups in total. The molecule has 0 radical (unpaired) electrons. The molecule has 2 aromatic carbocycles. The fraction of sp³-hybridized carbons (Fsp3) is 0.179. The zero-order valence-electron chi connectivity index (χ0n) is 22.1. The summed E-state index contributed by atoms with van der Waals surface area (Å²) < 4.78 is 10.7. The van der Waals surface area contributed by atoms with Crippen LogP contribution in [0.4, 0.5) is 16.2 Å². The maximum atomic E-state index is 12.9. The predicted molar refractivity (Wildman–Crippen MR) is 155 cm³/mol. The largest absolute Gasteiger partial charge is 0.462 e. The summed E-state index contributed by atoms with van der Waals surface area (Å²) in [5.41, 5.74) is 0.761. The van der Waals surface area contributed by atoms with E-state index in [9.17, 15) is 29.3 Å².